The van der Waals surface area contributed by atoms with E-state index in [0.717, 1.165) is 5.56 Å². The van der Waals surface area contributed by atoms with Crippen molar-refractivity contribution >= 4 is 51.9 Å². The van der Waals surface area contributed by atoms with Crippen LogP contribution < -0.4 is 19.8 Å². The summed E-state index contributed by atoms with van der Waals surface area (Å²) in [6.45, 7) is 0.182. The first kappa shape index (κ1) is 35.2. The molecule has 0 saturated heterocycles. The first-order chi connectivity index (χ1) is 23.8. The highest BCUT2D eigenvalue weighted by molar-refractivity contribution is 9.11. The zero-order valence-corrected chi connectivity index (χ0v) is 30.8. The van der Waals surface area contributed by atoms with E-state index in [2.05, 4.69) is 62.8 Å². The molecule has 0 spiro atoms. The van der Waals surface area contributed by atoms with Crippen molar-refractivity contribution in [2.45, 2.75) is 22.4 Å². The van der Waals surface area contributed by atoms with Crippen molar-refractivity contribution in [2.24, 2.45) is 10.3 Å². The van der Waals surface area contributed by atoms with Gasteiger partial charge >= 0.3 is 0 Å². The van der Waals surface area contributed by atoms with Gasteiger partial charge in [-0.2, -0.15) is 4.80 Å². The van der Waals surface area contributed by atoms with Crippen LogP contribution in [0.25, 0.3) is 22.8 Å². The van der Waals surface area contributed by atoms with Crippen LogP contribution in [0.2, 0.25) is 0 Å². The number of methoxy groups -OCH3 is 2. The average Bonchev–Trinajstić information content (AvgIpc) is 3.75. The molecule has 1 unspecified atom stereocenters. The Morgan fingerprint density at radius 2 is 1.38 bits per heavy atom. The summed E-state index contributed by atoms with van der Waals surface area (Å²) in [6.07, 6.45) is 0. The number of halogens is 2. The lowest BCUT2D eigenvalue weighted by molar-refractivity contribution is 0.414. The SMILES string of the molecule is COc1ccc(Cn2nnnc2-c2c(S(N)(=O)=O)ccc(C(c3ccc(OC)cc3)n3nnc(-c4c(Br)cccc4S(N)(=O)=O)n3)c2Br)cc1. The van der Waals surface area contributed by atoms with Crippen molar-refractivity contribution in [3.63, 3.8) is 0 Å². The number of hydrogen-bond donors (Lipinski definition) is 2. The monoisotopic (exact) mass is 844 g/mol. The molecule has 0 aliphatic heterocycles. The Hall–Kier alpha value is -4.60. The minimum atomic E-state index is -4.31. The number of benzene rings is 4. The Labute approximate surface area is 302 Å². The van der Waals surface area contributed by atoms with E-state index in [1.165, 1.54) is 34.8 Å². The number of aromatic nitrogens is 8. The summed E-state index contributed by atoms with van der Waals surface area (Å²) in [6, 6.07) is 20.7. The fraction of sp³-hybridized carbons (Fsp3) is 0.133. The molecule has 0 aliphatic carbocycles. The molecule has 6 rings (SSSR count). The summed E-state index contributed by atoms with van der Waals surface area (Å²) in [5.41, 5.74) is 2.09. The quantitative estimate of drug-likeness (QED) is 0.191. The van der Waals surface area contributed by atoms with Crippen LogP contribution in [-0.4, -0.2) is 71.5 Å². The number of rotatable bonds is 11. The molecule has 2 heterocycles. The molecular weight excluding hydrogens is 820 g/mol. The topological polar surface area (TPSA) is 226 Å². The van der Waals surface area contributed by atoms with Crippen LogP contribution in [0.1, 0.15) is 22.7 Å². The summed E-state index contributed by atoms with van der Waals surface area (Å²) in [4.78, 5) is 0.812. The van der Waals surface area contributed by atoms with Crippen molar-refractivity contribution in [2.75, 3.05) is 14.2 Å². The van der Waals surface area contributed by atoms with Gasteiger partial charge in [-0.05, 0) is 107 Å². The lowest BCUT2D eigenvalue weighted by Gasteiger charge is -2.21. The van der Waals surface area contributed by atoms with Crippen LogP contribution in [-0.2, 0) is 26.6 Å². The maximum Gasteiger partial charge on any atom is 0.238 e. The maximum atomic E-state index is 13.0. The molecule has 6 aromatic rings. The number of tetrazole rings is 2. The van der Waals surface area contributed by atoms with Crippen LogP contribution in [0.5, 0.6) is 11.5 Å². The minimum absolute atomic E-state index is 0.0408. The fourth-order valence-corrected chi connectivity index (χ4v) is 8.28. The van der Waals surface area contributed by atoms with Crippen molar-refractivity contribution in [3.05, 3.63) is 104 Å². The van der Waals surface area contributed by atoms with Crippen LogP contribution in [0.4, 0.5) is 0 Å². The number of nitrogens with zero attached hydrogens (tertiary/aromatic N) is 8. The molecule has 0 aliphatic rings. The molecule has 258 valence electrons. The van der Waals surface area contributed by atoms with E-state index in [1.54, 1.807) is 55.6 Å². The zero-order chi connectivity index (χ0) is 35.8. The molecule has 4 aromatic carbocycles. The van der Waals surface area contributed by atoms with Gasteiger partial charge in [0.05, 0.1) is 41.7 Å². The van der Waals surface area contributed by atoms with Crippen LogP contribution in [0.3, 0.4) is 0 Å². The van der Waals surface area contributed by atoms with E-state index in [9.17, 15) is 16.8 Å². The Morgan fingerprint density at radius 3 is 2.00 bits per heavy atom. The van der Waals surface area contributed by atoms with Crippen molar-refractivity contribution in [1.29, 1.82) is 0 Å². The predicted molar refractivity (Wildman–Crippen MR) is 187 cm³/mol. The van der Waals surface area contributed by atoms with Crippen molar-refractivity contribution in [3.8, 4) is 34.3 Å². The third-order valence-corrected chi connectivity index (χ3v) is 11.0. The third-order valence-electron chi connectivity index (χ3n) is 7.58. The molecule has 2 aromatic heterocycles. The highest BCUT2D eigenvalue weighted by Crippen LogP contribution is 2.41. The van der Waals surface area contributed by atoms with E-state index < -0.39 is 26.1 Å². The number of nitrogens with two attached hydrogens (primary N) is 2. The van der Waals surface area contributed by atoms with Crippen LogP contribution in [0, 0.1) is 0 Å². The number of ether oxygens (including phenoxy) is 2. The van der Waals surface area contributed by atoms with Gasteiger partial charge in [0, 0.05) is 8.95 Å². The molecule has 0 saturated carbocycles. The molecular formula is C30H26Br2N10O6S2. The summed E-state index contributed by atoms with van der Waals surface area (Å²) in [5.74, 6) is 1.30. The molecule has 1 atom stereocenters. The van der Waals surface area contributed by atoms with E-state index in [-0.39, 0.29) is 43.6 Å². The first-order valence-electron chi connectivity index (χ1n) is 14.3. The van der Waals surface area contributed by atoms with E-state index in [4.69, 9.17) is 19.8 Å². The summed E-state index contributed by atoms with van der Waals surface area (Å²) in [5, 5.41) is 36.5. The lowest BCUT2D eigenvalue weighted by atomic mass is 9.97. The van der Waals surface area contributed by atoms with Gasteiger partial charge in [0.15, 0.2) is 5.82 Å². The smallest absolute Gasteiger partial charge is 0.238 e. The normalized spacial score (nSPS) is 12.5. The molecule has 4 N–H and O–H groups in total. The van der Waals surface area contributed by atoms with Gasteiger partial charge < -0.3 is 9.47 Å². The number of hydrogen-bond acceptors (Lipinski definition) is 12. The van der Waals surface area contributed by atoms with E-state index >= 15 is 0 Å². The van der Waals surface area contributed by atoms with E-state index in [0.29, 0.717) is 27.1 Å². The summed E-state index contributed by atoms with van der Waals surface area (Å²) >= 11 is 7.03. The van der Waals surface area contributed by atoms with Gasteiger partial charge in [-0.25, -0.2) is 31.8 Å². The zero-order valence-electron chi connectivity index (χ0n) is 26.0. The standard InChI is InChI=1S/C30H26Br2N10O6S2/c1-47-19-10-6-17(7-11-19)16-41-30(36-38-40-41)26-24(50(34,45)46)15-14-21(27(26)32)28(18-8-12-20(48-2)13-9-18)42-37-29(35-39-42)25-22(31)4-3-5-23(25)49(33,43)44/h3-15,28H,16H2,1-2H3,(H2,33,43,44)(H2,34,45,46). The molecule has 0 bridgehead atoms. The average molecular weight is 847 g/mol. The highest BCUT2D eigenvalue weighted by Gasteiger charge is 2.31. The minimum Gasteiger partial charge on any atom is -0.497 e. The van der Waals surface area contributed by atoms with Crippen LogP contribution in [0.15, 0.2) is 97.6 Å². The molecule has 0 radical (unpaired) electrons. The second-order valence-corrected chi connectivity index (χ2v) is 15.4. The number of sulfonamides is 2. The summed E-state index contributed by atoms with van der Waals surface area (Å²) < 4.78 is 63.6. The van der Waals surface area contributed by atoms with E-state index in [1.807, 2.05) is 12.1 Å². The van der Waals surface area contributed by atoms with Crippen molar-refractivity contribution < 1.29 is 26.3 Å². The second kappa shape index (κ2) is 14.0. The first-order valence-corrected chi connectivity index (χ1v) is 19.0. The second-order valence-electron chi connectivity index (χ2n) is 10.7. The van der Waals surface area contributed by atoms with Gasteiger partial charge in [-0.15, -0.1) is 15.3 Å². The molecule has 0 fully saturated rings. The molecule has 16 nitrogen and oxygen atoms in total. The molecule has 20 heteroatoms. The highest BCUT2D eigenvalue weighted by atomic mass is 79.9. The molecule has 50 heavy (non-hydrogen) atoms. The van der Waals surface area contributed by atoms with Crippen LogP contribution >= 0.6 is 31.9 Å². The lowest BCUT2D eigenvalue weighted by Crippen LogP contribution is -2.19. The largest absolute Gasteiger partial charge is 0.497 e. The molecule has 0 amide bonds. The van der Waals surface area contributed by atoms with Gasteiger partial charge in [-0.3, -0.25) is 0 Å². The fourth-order valence-electron chi connectivity index (χ4n) is 5.24. The van der Waals surface area contributed by atoms with Gasteiger partial charge in [-0.1, -0.05) is 36.4 Å². The predicted octanol–water partition coefficient (Wildman–Crippen LogP) is 3.52. The maximum absolute atomic E-state index is 13.0. The number of primary sulfonamides is 2. The Morgan fingerprint density at radius 1 is 0.760 bits per heavy atom. The van der Waals surface area contributed by atoms with Gasteiger partial charge in [0.2, 0.25) is 25.9 Å². The van der Waals surface area contributed by atoms with Gasteiger partial charge in [0.25, 0.3) is 0 Å². The summed E-state index contributed by atoms with van der Waals surface area (Å²) in [7, 11) is -5.40. The third kappa shape index (κ3) is 7.02. The van der Waals surface area contributed by atoms with Gasteiger partial charge in [0.1, 0.15) is 17.5 Å². The Balaban J connectivity index is 1.55. The Bertz CT molecular complexity index is 2420. The Kier molecular flexibility index (Phi) is 9.84. The van der Waals surface area contributed by atoms with Crippen molar-refractivity contribution in [1.82, 2.24) is 40.4 Å².